The Morgan fingerprint density at radius 2 is 0.449 bits per heavy atom. The van der Waals surface area contributed by atoms with Gasteiger partial charge < -0.3 is 19.9 Å². The molecule has 0 unspecified atom stereocenters. The number of aromatic nitrogens is 4. The molecular weight excluding hydrogens is 637 g/mol. The van der Waals surface area contributed by atoms with E-state index in [-0.39, 0.29) is 17.4 Å². The van der Waals surface area contributed by atoms with Crippen LogP contribution in [0, 0.1) is 0 Å². The predicted molar refractivity (Wildman–Crippen MR) is 194 cm³/mol. The minimum Gasteiger partial charge on any atom is -0.354 e. The summed E-state index contributed by atoms with van der Waals surface area (Å²) < 4.78 is 0. The van der Waals surface area contributed by atoms with Crippen molar-refractivity contribution in [3.05, 3.63) is 236 Å². The van der Waals surface area contributed by atoms with E-state index >= 15 is 0 Å². The second kappa shape index (κ2) is 12.9. The Kier molecular flexibility index (Phi) is 7.99. The van der Waals surface area contributed by atoms with Crippen molar-refractivity contribution in [3.63, 3.8) is 0 Å². The van der Waals surface area contributed by atoms with Gasteiger partial charge >= 0.3 is 0 Å². The molecule has 0 spiro atoms. The second-order valence-corrected chi connectivity index (χ2v) is 12.1. The van der Waals surface area contributed by atoms with Gasteiger partial charge in [0.25, 0.3) is 0 Å². The predicted octanol–water partition coefficient (Wildman–Crippen LogP) is 6.30. The number of benzene rings is 4. The summed E-state index contributed by atoms with van der Waals surface area (Å²) in [6, 6.07) is 60.0. The molecule has 0 saturated heterocycles. The van der Waals surface area contributed by atoms with Crippen molar-refractivity contribution in [2.45, 2.75) is 0 Å². The summed E-state index contributed by atoms with van der Waals surface area (Å²) in [7, 11) is 0. The molecule has 0 saturated carbocycles. The Labute approximate surface area is 294 Å². The smallest absolute Gasteiger partial charge is 0.0485 e. The first-order valence-corrected chi connectivity index (χ1v) is 16.3. The number of H-pyrrole nitrogens is 4. The van der Waals surface area contributed by atoms with Crippen LogP contribution in [0.5, 0.6) is 0 Å². The third-order valence-corrected chi connectivity index (χ3v) is 9.15. The minimum absolute atomic E-state index is 0. The summed E-state index contributed by atoms with van der Waals surface area (Å²) in [6.45, 7) is 0. The van der Waals surface area contributed by atoms with Crippen molar-refractivity contribution < 1.29 is 17.4 Å². The normalized spacial score (nSPS) is 12.6. The van der Waals surface area contributed by atoms with E-state index < -0.39 is 0 Å². The van der Waals surface area contributed by atoms with Crippen LogP contribution in [0.2, 0.25) is 0 Å². The van der Waals surface area contributed by atoms with E-state index in [0.29, 0.717) is 0 Å². The van der Waals surface area contributed by atoms with Crippen LogP contribution < -0.4 is 21.4 Å². The number of fused-ring (bicyclic) bond motifs is 8. The van der Waals surface area contributed by atoms with Crippen LogP contribution in [-0.4, -0.2) is 19.9 Å². The van der Waals surface area contributed by atoms with Gasteiger partial charge in [-0.3, -0.25) is 0 Å². The van der Waals surface area contributed by atoms with E-state index in [2.05, 4.69) is 190 Å². The van der Waals surface area contributed by atoms with Gasteiger partial charge in [-0.25, -0.2) is 0 Å². The average molecular weight is 669 g/mol. The van der Waals surface area contributed by atoms with Crippen molar-refractivity contribution >= 4 is 22.3 Å². The monoisotopic (exact) mass is 668 g/mol. The van der Waals surface area contributed by atoms with Crippen molar-refractivity contribution in [3.8, 4) is 0 Å². The quantitative estimate of drug-likeness (QED) is 0.170. The summed E-state index contributed by atoms with van der Waals surface area (Å²) in [4.78, 5) is 15.4. The van der Waals surface area contributed by atoms with Gasteiger partial charge in [0.15, 0.2) is 0 Å². The zero-order valence-electron chi connectivity index (χ0n) is 26.6. The second-order valence-electron chi connectivity index (χ2n) is 12.1. The Balaban J connectivity index is 0.00000348. The maximum atomic E-state index is 3.84. The van der Waals surface area contributed by atoms with Crippen LogP contribution in [0.1, 0.15) is 45.0 Å². The van der Waals surface area contributed by atoms with Crippen molar-refractivity contribution in [2.75, 3.05) is 0 Å². The Morgan fingerprint density at radius 3 is 0.673 bits per heavy atom. The van der Waals surface area contributed by atoms with E-state index in [9.17, 15) is 0 Å². The van der Waals surface area contributed by atoms with Gasteiger partial charge in [0.05, 0.1) is 0 Å². The molecule has 4 N–H and O–H groups in total. The first-order valence-electron chi connectivity index (χ1n) is 16.3. The molecule has 0 amide bonds. The van der Waals surface area contributed by atoms with Crippen LogP contribution in [0.25, 0.3) is 22.3 Å². The Morgan fingerprint density at radius 1 is 0.224 bits per heavy atom. The van der Waals surface area contributed by atoms with Gasteiger partial charge in [-0.15, -0.1) is 0 Å². The largest absolute Gasteiger partial charge is 0.354 e. The van der Waals surface area contributed by atoms with E-state index in [1.54, 1.807) is 0 Å². The van der Waals surface area contributed by atoms with Crippen LogP contribution in [-0.2, 0) is 17.4 Å². The summed E-state index contributed by atoms with van der Waals surface area (Å²) in [5, 5.41) is 4.16. The van der Waals surface area contributed by atoms with Crippen LogP contribution >= 0.6 is 0 Å². The number of hydrogen-bond donors (Lipinski definition) is 4. The maximum Gasteiger partial charge on any atom is 0.0485 e. The van der Waals surface area contributed by atoms with Gasteiger partial charge in [0.2, 0.25) is 0 Å². The molecule has 5 heterocycles. The molecule has 0 radical (unpaired) electrons. The van der Waals surface area contributed by atoms with Gasteiger partial charge in [0, 0.05) is 83.8 Å². The molecule has 1 aliphatic rings. The zero-order valence-corrected chi connectivity index (χ0v) is 27.8. The van der Waals surface area contributed by atoms with E-state index in [1.165, 1.54) is 0 Å². The molecule has 4 aromatic carbocycles. The fourth-order valence-corrected chi connectivity index (χ4v) is 6.99. The summed E-state index contributed by atoms with van der Waals surface area (Å²) in [5.74, 6) is 0. The third-order valence-electron chi connectivity index (χ3n) is 9.15. The molecule has 8 aromatic rings. The summed E-state index contributed by atoms with van der Waals surface area (Å²) in [6.07, 6.45) is 0. The Hall–Kier alpha value is -5.99. The molecular formula is C44H32CrN4. The molecule has 1 aliphatic heterocycles. The standard InChI is InChI=1S/C44H32N4.Cr/c1-5-13-29(14-6-1)41-33-21-23-35(45-33)42(30-15-7-2-8-16-30)37-25-27-39(47-37)44(32-19-11-4-12-20-32)40-28-26-38(48-40)43(31-17-9-3-10-18-31)36-24-22-34(41)46-36;/h1-28,45-48H;. The topological polar surface area (TPSA) is 63.2 Å². The van der Waals surface area contributed by atoms with Gasteiger partial charge in [-0.1, -0.05) is 121 Å². The summed E-state index contributed by atoms with van der Waals surface area (Å²) >= 11 is 0. The van der Waals surface area contributed by atoms with Crippen molar-refractivity contribution in [1.82, 2.24) is 19.9 Å². The first kappa shape index (κ1) is 30.4. The van der Waals surface area contributed by atoms with Crippen LogP contribution in [0.15, 0.2) is 170 Å². The van der Waals surface area contributed by atoms with Gasteiger partial charge in [-0.05, 0) is 70.8 Å². The maximum absolute atomic E-state index is 3.84. The van der Waals surface area contributed by atoms with E-state index in [0.717, 1.165) is 88.7 Å². The van der Waals surface area contributed by atoms with Crippen LogP contribution in [0.3, 0.4) is 0 Å². The molecule has 234 valence electrons. The molecule has 0 atom stereocenters. The van der Waals surface area contributed by atoms with Crippen molar-refractivity contribution in [1.29, 1.82) is 0 Å². The molecule has 4 aromatic heterocycles. The fraction of sp³-hybridized carbons (Fsp3) is 0. The summed E-state index contributed by atoms with van der Waals surface area (Å²) in [5.41, 5.74) is 13.1. The fourth-order valence-electron chi connectivity index (χ4n) is 6.99. The van der Waals surface area contributed by atoms with E-state index in [4.69, 9.17) is 0 Å². The van der Waals surface area contributed by atoms with Crippen LogP contribution in [0.4, 0.5) is 0 Å². The Bertz CT molecular complexity index is 2280. The number of aromatic amines is 4. The SMILES string of the molecule is [Cr].c1ccc(C2=c3ccc([nH]3)=C(c3ccccc3)c3ccc([nH]3)C(c3ccccc3)=c3ccc([nH]3)=C(c3ccccc3)c3ccc2[nH]3)cc1. The van der Waals surface area contributed by atoms with Gasteiger partial charge in [-0.2, -0.15) is 0 Å². The number of nitrogens with one attached hydrogen (secondary N) is 4. The van der Waals surface area contributed by atoms with E-state index in [1.807, 2.05) is 0 Å². The van der Waals surface area contributed by atoms with Crippen molar-refractivity contribution in [2.24, 2.45) is 0 Å². The third kappa shape index (κ3) is 5.56. The first-order chi connectivity index (χ1) is 23.8. The molecule has 49 heavy (non-hydrogen) atoms. The zero-order chi connectivity index (χ0) is 31.9. The molecule has 4 nitrogen and oxygen atoms in total. The molecule has 0 aliphatic carbocycles. The number of hydrogen-bond acceptors (Lipinski definition) is 0. The average Bonchev–Trinajstić information content (AvgIpc) is 3.98. The molecule has 9 rings (SSSR count). The van der Waals surface area contributed by atoms with Gasteiger partial charge in [0.1, 0.15) is 0 Å². The molecule has 8 bridgehead atoms. The molecule has 5 heteroatoms. The minimum atomic E-state index is 0. The number of rotatable bonds is 4. The molecule has 0 fully saturated rings.